The number of aromatic hydroxyl groups is 1. The van der Waals surface area contributed by atoms with Gasteiger partial charge < -0.3 is 5.11 Å². The second-order valence-corrected chi connectivity index (χ2v) is 2.82. The van der Waals surface area contributed by atoms with E-state index >= 15 is 0 Å². The minimum Gasteiger partial charge on any atom is -0.506 e. The number of benzene rings is 1. The maximum atomic E-state index is 9.20. The van der Waals surface area contributed by atoms with Crippen LogP contribution in [0.5, 0.6) is 5.75 Å². The lowest BCUT2D eigenvalue weighted by atomic mass is 10.1. The molecule has 0 bridgehead atoms. The molecule has 0 heterocycles. The molecule has 2 heteroatoms. The average molecular weight is 187 g/mol. The molecule has 12 heavy (non-hydrogen) atoms. The summed E-state index contributed by atoms with van der Waals surface area (Å²) in [6.45, 7) is 7.77. The van der Waals surface area contributed by atoms with Crippen LogP contribution in [0, 0.1) is 13.8 Å². The van der Waals surface area contributed by atoms with Gasteiger partial charge >= 0.3 is 0 Å². The third-order valence-corrected chi connectivity index (χ3v) is 1.69. The number of hydrogen-bond donors (Lipinski definition) is 1. The van der Waals surface area contributed by atoms with Gasteiger partial charge in [0, 0.05) is 0 Å². The first-order valence-electron chi connectivity index (χ1n) is 4.07. The Balaban J connectivity index is 0.000000561. The summed E-state index contributed by atoms with van der Waals surface area (Å²) in [5, 5.41) is 9.63. The van der Waals surface area contributed by atoms with E-state index in [2.05, 4.69) is 0 Å². The van der Waals surface area contributed by atoms with Crippen LogP contribution in [-0.2, 0) is 0 Å². The van der Waals surface area contributed by atoms with Crippen molar-refractivity contribution in [3.63, 3.8) is 0 Å². The van der Waals surface area contributed by atoms with E-state index in [4.69, 9.17) is 11.6 Å². The fourth-order valence-corrected chi connectivity index (χ4v) is 1.23. The van der Waals surface area contributed by atoms with Gasteiger partial charge in [0.15, 0.2) is 0 Å². The molecule has 1 aromatic rings. The molecule has 1 N–H and O–H groups in total. The standard InChI is InChI=1S/C8H9ClO.C2H6/c1-5-3-6(2)8(10)7(9)4-5;1-2/h3-4,10H,1-2H3;1-2H3. The van der Waals surface area contributed by atoms with Gasteiger partial charge in [-0.1, -0.05) is 31.5 Å². The van der Waals surface area contributed by atoms with Crippen LogP contribution in [0.2, 0.25) is 5.02 Å². The first-order valence-corrected chi connectivity index (χ1v) is 4.45. The van der Waals surface area contributed by atoms with Crippen molar-refractivity contribution in [3.05, 3.63) is 28.3 Å². The molecule has 0 unspecified atom stereocenters. The molecule has 1 rings (SSSR count). The number of phenols is 1. The van der Waals surface area contributed by atoms with E-state index in [-0.39, 0.29) is 5.75 Å². The number of rotatable bonds is 0. The van der Waals surface area contributed by atoms with Gasteiger partial charge in [0.25, 0.3) is 0 Å². The summed E-state index contributed by atoms with van der Waals surface area (Å²) in [4.78, 5) is 0. The Bertz CT molecular complexity index is 233. The molecule has 0 amide bonds. The monoisotopic (exact) mass is 186 g/mol. The van der Waals surface area contributed by atoms with Crippen molar-refractivity contribution in [2.45, 2.75) is 27.7 Å². The lowest BCUT2D eigenvalue weighted by molar-refractivity contribution is 0.471. The maximum Gasteiger partial charge on any atom is 0.137 e. The zero-order valence-electron chi connectivity index (χ0n) is 7.98. The van der Waals surface area contributed by atoms with E-state index in [1.54, 1.807) is 6.07 Å². The van der Waals surface area contributed by atoms with Crippen LogP contribution < -0.4 is 0 Å². The highest BCUT2D eigenvalue weighted by Gasteiger charge is 2.00. The van der Waals surface area contributed by atoms with Crippen LogP contribution in [0.25, 0.3) is 0 Å². The van der Waals surface area contributed by atoms with Crippen molar-refractivity contribution in [3.8, 4) is 5.75 Å². The van der Waals surface area contributed by atoms with E-state index in [0.717, 1.165) is 11.1 Å². The fraction of sp³-hybridized carbons (Fsp3) is 0.400. The highest BCUT2D eigenvalue weighted by molar-refractivity contribution is 6.32. The normalized spacial score (nSPS) is 8.75. The molecule has 1 nitrogen and oxygen atoms in total. The quantitative estimate of drug-likeness (QED) is 0.655. The smallest absolute Gasteiger partial charge is 0.137 e. The molecule has 0 aliphatic carbocycles. The predicted octanol–water partition coefficient (Wildman–Crippen LogP) is 3.69. The fourth-order valence-electron chi connectivity index (χ4n) is 0.908. The van der Waals surface area contributed by atoms with E-state index in [1.807, 2.05) is 33.8 Å². The number of hydrogen-bond acceptors (Lipinski definition) is 1. The van der Waals surface area contributed by atoms with Crippen molar-refractivity contribution in [1.82, 2.24) is 0 Å². The Kier molecular flexibility index (Phi) is 4.75. The van der Waals surface area contributed by atoms with E-state index in [9.17, 15) is 5.11 Å². The van der Waals surface area contributed by atoms with Gasteiger partial charge in [-0.3, -0.25) is 0 Å². The summed E-state index contributed by atoms with van der Waals surface area (Å²) < 4.78 is 0. The van der Waals surface area contributed by atoms with Crippen molar-refractivity contribution in [2.24, 2.45) is 0 Å². The predicted molar refractivity (Wildman–Crippen MR) is 53.9 cm³/mol. The number of phenolic OH excluding ortho intramolecular Hbond substituents is 1. The van der Waals surface area contributed by atoms with Gasteiger partial charge in [0.05, 0.1) is 5.02 Å². The summed E-state index contributed by atoms with van der Waals surface area (Å²) in [6.07, 6.45) is 0. The second-order valence-electron chi connectivity index (χ2n) is 2.41. The van der Waals surface area contributed by atoms with Crippen LogP contribution in [0.4, 0.5) is 0 Å². The first-order chi connectivity index (χ1) is 5.61. The van der Waals surface area contributed by atoms with Gasteiger partial charge in [-0.15, -0.1) is 0 Å². The van der Waals surface area contributed by atoms with E-state index in [0.29, 0.717) is 5.02 Å². The van der Waals surface area contributed by atoms with Crippen molar-refractivity contribution in [2.75, 3.05) is 0 Å². The van der Waals surface area contributed by atoms with Crippen LogP contribution in [-0.4, -0.2) is 5.11 Å². The molecule has 0 spiro atoms. The summed E-state index contributed by atoms with van der Waals surface area (Å²) >= 11 is 5.67. The maximum absolute atomic E-state index is 9.20. The molecule has 0 radical (unpaired) electrons. The zero-order valence-corrected chi connectivity index (χ0v) is 8.74. The summed E-state index contributed by atoms with van der Waals surface area (Å²) in [5.74, 6) is 0.187. The lowest BCUT2D eigenvalue weighted by Gasteiger charge is -2.01. The van der Waals surface area contributed by atoms with Crippen molar-refractivity contribution < 1.29 is 5.11 Å². The number of halogens is 1. The van der Waals surface area contributed by atoms with E-state index < -0.39 is 0 Å². The molecular formula is C10H15ClO. The molecule has 0 fully saturated rings. The molecule has 0 atom stereocenters. The Morgan fingerprint density at radius 2 is 1.67 bits per heavy atom. The van der Waals surface area contributed by atoms with Crippen molar-refractivity contribution in [1.29, 1.82) is 0 Å². The Hall–Kier alpha value is -0.690. The molecule has 0 saturated heterocycles. The first kappa shape index (κ1) is 11.3. The van der Waals surface area contributed by atoms with Crippen LogP contribution in [0.15, 0.2) is 12.1 Å². The molecule has 1 aromatic carbocycles. The van der Waals surface area contributed by atoms with Gasteiger partial charge in [0.2, 0.25) is 0 Å². The van der Waals surface area contributed by atoms with Gasteiger partial charge in [-0.2, -0.15) is 0 Å². The lowest BCUT2D eigenvalue weighted by Crippen LogP contribution is -1.78. The molecular weight excluding hydrogens is 172 g/mol. The largest absolute Gasteiger partial charge is 0.506 e. The molecule has 0 aromatic heterocycles. The Labute approximate surface area is 79.0 Å². The van der Waals surface area contributed by atoms with Crippen LogP contribution in [0.3, 0.4) is 0 Å². The molecule has 0 saturated carbocycles. The zero-order chi connectivity index (χ0) is 9.72. The Morgan fingerprint density at radius 1 is 1.17 bits per heavy atom. The summed E-state index contributed by atoms with van der Waals surface area (Å²) in [7, 11) is 0. The minimum absolute atomic E-state index is 0.187. The van der Waals surface area contributed by atoms with Gasteiger partial charge in [-0.25, -0.2) is 0 Å². The summed E-state index contributed by atoms with van der Waals surface area (Å²) in [6, 6.07) is 3.63. The molecule has 0 aliphatic rings. The molecule has 0 aliphatic heterocycles. The average Bonchev–Trinajstić information content (AvgIpc) is 2.04. The topological polar surface area (TPSA) is 20.2 Å². The van der Waals surface area contributed by atoms with Crippen LogP contribution in [0.1, 0.15) is 25.0 Å². The molecule has 68 valence electrons. The second kappa shape index (κ2) is 5.04. The van der Waals surface area contributed by atoms with Gasteiger partial charge in [-0.05, 0) is 31.0 Å². The van der Waals surface area contributed by atoms with Crippen LogP contribution >= 0.6 is 11.6 Å². The number of aryl methyl sites for hydroxylation is 2. The van der Waals surface area contributed by atoms with E-state index in [1.165, 1.54) is 0 Å². The van der Waals surface area contributed by atoms with Crippen molar-refractivity contribution >= 4 is 11.6 Å². The Morgan fingerprint density at radius 3 is 2.08 bits per heavy atom. The summed E-state index contributed by atoms with van der Waals surface area (Å²) in [5.41, 5.74) is 1.89. The highest BCUT2D eigenvalue weighted by atomic mass is 35.5. The third-order valence-electron chi connectivity index (χ3n) is 1.40. The third kappa shape index (κ3) is 2.74. The highest BCUT2D eigenvalue weighted by Crippen LogP contribution is 2.27. The SMILES string of the molecule is CC.Cc1cc(C)c(O)c(Cl)c1. The van der Waals surface area contributed by atoms with Gasteiger partial charge in [0.1, 0.15) is 5.75 Å². The minimum atomic E-state index is 0.187.